The number of hydrogen-bond donors (Lipinski definition) is 2. The predicted octanol–water partition coefficient (Wildman–Crippen LogP) is 2.16. The molecule has 6 heterocycles. The Morgan fingerprint density at radius 2 is 1.37 bits per heavy atom. The van der Waals surface area contributed by atoms with E-state index in [9.17, 15) is 19.2 Å². The molecule has 2 N–H and O–H groups in total. The Kier molecular flexibility index (Phi) is 6.22. The molecule has 4 bridgehead atoms. The second-order valence-corrected chi connectivity index (χ2v) is 12.1. The van der Waals surface area contributed by atoms with Crippen LogP contribution in [0.4, 0.5) is 0 Å². The fourth-order valence-corrected chi connectivity index (χ4v) is 7.56. The van der Waals surface area contributed by atoms with Gasteiger partial charge in [0.25, 0.3) is 11.1 Å². The van der Waals surface area contributed by atoms with Crippen LogP contribution in [-0.4, -0.2) is 48.1 Å². The summed E-state index contributed by atoms with van der Waals surface area (Å²) in [5.74, 6) is 0.987. The number of hydrogen-bond acceptors (Lipinski definition) is 8. The van der Waals surface area contributed by atoms with Crippen LogP contribution in [0.2, 0.25) is 0 Å². The van der Waals surface area contributed by atoms with Gasteiger partial charge in [-0.15, -0.1) is 0 Å². The normalized spacial score (nSPS) is 37.3. The van der Waals surface area contributed by atoms with Gasteiger partial charge in [0.2, 0.25) is 0 Å². The second kappa shape index (κ2) is 9.14. The van der Waals surface area contributed by atoms with Gasteiger partial charge in [-0.25, -0.2) is 9.59 Å². The molecule has 0 amide bonds. The molecular formula is C29H38N4O8. The maximum absolute atomic E-state index is 12.1. The van der Waals surface area contributed by atoms with E-state index in [2.05, 4.69) is 30.4 Å². The minimum atomic E-state index is -0.543. The number of rotatable bonds is 4. The van der Waals surface area contributed by atoms with E-state index in [1.807, 2.05) is 13.8 Å². The number of aromatic nitrogens is 4. The van der Waals surface area contributed by atoms with Crippen molar-refractivity contribution in [2.75, 3.05) is 0 Å². The van der Waals surface area contributed by atoms with E-state index < -0.39 is 29.4 Å². The molecule has 4 saturated heterocycles. The Hall–Kier alpha value is -3.22. The van der Waals surface area contributed by atoms with Gasteiger partial charge in [0.05, 0.1) is 5.60 Å². The van der Waals surface area contributed by atoms with Gasteiger partial charge >= 0.3 is 11.4 Å². The van der Waals surface area contributed by atoms with Gasteiger partial charge in [0.1, 0.15) is 29.2 Å². The van der Waals surface area contributed by atoms with Crippen LogP contribution < -0.4 is 22.5 Å². The number of fused-ring (bicyclic) bond motifs is 5. The average Bonchev–Trinajstić information content (AvgIpc) is 3.43. The summed E-state index contributed by atoms with van der Waals surface area (Å²) in [6.45, 7) is 15.6. The van der Waals surface area contributed by atoms with Crippen LogP contribution in [0.5, 0.6) is 0 Å². The van der Waals surface area contributed by atoms with Crippen LogP contribution >= 0.6 is 0 Å². The second-order valence-electron chi connectivity index (χ2n) is 12.1. The zero-order valence-corrected chi connectivity index (χ0v) is 24.3. The summed E-state index contributed by atoms with van der Waals surface area (Å²) in [7, 11) is 0. The fourth-order valence-electron chi connectivity index (χ4n) is 7.56. The molecule has 12 nitrogen and oxygen atoms in total. The average molecular weight is 571 g/mol. The molecule has 1 saturated carbocycles. The fraction of sp³-hybridized carbons (Fsp3) is 0.655. The Bertz CT molecular complexity index is 1650. The first kappa shape index (κ1) is 27.9. The number of nitrogens with one attached hydrogen (secondary N) is 2. The molecular weight excluding hydrogens is 532 g/mol. The third-order valence-corrected chi connectivity index (χ3v) is 10.2. The molecule has 1 spiro atoms. The molecule has 0 radical (unpaired) electrons. The Labute approximate surface area is 236 Å². The molecule has 5 aliphatic rings. The molecule has 1 aliphatic carbocycles. The molecule has 7 rings (SSSR count). The third-order valence-electron chi connectivity index (χ3n) is 10.2. The summed E-state index contributed by atoms with van der Waals surface area (Å²) in [4.78, 5) is 51.7. The summed E-state index contributed by atoms with van der Waals surface area (Å²) >= 11 is 0. The monoisotopic (exact) mass is 570 g/mol. The molecule has 5 fully saturated rings. The highest BCUT2D eigenvalue weighted by molar-refractivity contribution is 5.24. The van der Waals surface area contributed by atoms with E-state index in [0.29, 0.717) is 16.9 Å². The minimum absolute atomic E-state index is 0.115. The topological polar surface area (TPSA) is 147 Å². The maximum atomic E-state index is 12.1. The summed E-state index contributed by atoms with van der Waals surface area (Å²) in [6, 6.07) is 0. The lowest BCUT2D eigenvalue weighted by molar-refractivity contribution is -0.225. The molecule has 4 aliphatic heterocycles. The first-order valence-corrected chi connectivity index (χ1v) is 14.4. The van der Waals surface area contributed by atoms with Crippen LogP contribution in [-0.2, 0) is 18.9 Å². The van der Waals surface area contributed by atoms with Gasteiger partial charge in [0, 0.05) is 35.4 Å². The van der Waals surface area contributed by atoms with Crippen molar-refractivity contribution in [3.63, 3.8) is 0 Å². The maximum Gasteiger partial charge on any atom is 0.330 e. The number of aryl methyl sites for hydroxylation is 2. The van der Waals surface area contributed by atoms with Crippen molar-refractivity contribution in [1.29, 1.82) is 0 Å². The molecule has 41 heavy (non-hydrogen) atoms. The number of aromatic amines is 2. The van der Waals surface area contributed by atoms with Crippen LogP contribution in [0.15, 0.2) is 43.9 Å². The highest BCUT2D eigenvalue weighted by Crippen LogP contribution is 2.67. The Morgan fingerprint density at radius 3 is 1.83 bits per heavy atom. The zero-order chi connectivity index (χ0) is 29.6. The van der Waals surface area contributed by atoms with Crippen LogP contribution in [0.1, 0.15) is 77.0 Å². The third kappa shape index (κ3) is 3.69. The lowest BCUT2D eigenvalue weighted by atomic mass is 9.82. The summed E-state index contributed by atoms with van der Waals surface area (Å²) in [5.41, 5.74) is -1.65. The molecule has 12 heteroatoms. The van der Waals surface area contributed by atoms with E-state index in [1.165, 1.54) is 15.3 Å². The summed E-state index contributed by atoms with van der Waals surface area (Å²) < 4.78 is 27.4. The SMILES string of the molecule is C=C1O[C@H]2C(C)[C@@]1(CC)O[C@H]2n1cc(C)c(=O)[nH]c1=O.CC[C@]12O[C@@H](n3cc(C)c(=O)[nH]c3=O)[C@@H](OC13CC3)C2C. The van der Waals surface area contributed by atoms with E-state index >= 15 is 0 Å². The van der Waals surface area contributed by atoms with Crippen molar-refractivity contribution in [2.45, 2.75) is 109 Å². The van der Waals surface area contributed by atoms with Crippen molar-refractivity contribution in [3.05, 3.63) is 77.5 Å². The van der Waals surface area contributed by atoms with E-state index in [0.717, 1.165) is 25.7 Å². The molecule has 222 valence electrons. The molecule has 8 atom stereocenters. The minimum Gasteiger partial charge on any atom is -0.487 e. The van der Waals surface area contributed by atoms with Crippen LogP contribution in [0.3, 0.4) is 0 Å². The van der Waals surface area contributed by atoms with E-state index in [-0.39, 0.29) is 46.4 Å². The molecule has 2 unspecified atom stereocenters. The Morgan fingerprint density at radius 1 is 0.829 bits per heavy atom. The molecule has 0 aromatic carbocycles. The smallest absolute Gasteiger partial charge is 0.330 e. The predicted molar refractivity (Wildman–Crippen MR) is 148 cm³/mol. The summed E-state index contributed by atoms with van der Waals surface area (Å²) in [5, 5.41) is 0. The highest BCUT2D eigenvalue weighted by Gasteiger charge is 2.76. The first-order chi connectivity index (χ1) is 19.3. The zero-order valence-electron chi connectivity index (χ0n) is 24.3. The lowest BCUT2D eigenvalue weighted by Gasteiger charge is -2.38. The van der Waals surface area contributed by atoms with Crippen LogP contribution in [0, 0.1) is 25.7 Å². The quantitative estimate of drug-likeness (QED) is 0.569. The van der Waals surface area contributed by atoms with Gasteiger partial charge in [-0.05, 0) is 39.5 Å². The molecule has 2 aromatic heterocycles. The number of nitrogens with zero attached hydrogens (tertiary/aromatic N) is 2. The number of H-pyrrole nitrogens is 2. The summed E-state index contributed by atoms with van der Waals surface area (Å²) in [6.07, 6.45) is 5.41. The first-order valence-electron chi connectivity index (χ1n) is 14.4. The van der Waals surface area contributed by atoms with Gasteiger partial charge in [-0.2, -0.15) is 0 Å². The lowest BCUT2D eigenvalue weighted by Crippen LogP contribution is -2.48. The van der Waals surface area contributed by atoms with E-state index in [1.54, 1.807) is 20.0 Å². The standard InChI is InChI=1S/C15H20N2O4.C14H18N2O4/c1-4-15-9(3)10(20-14(15)5-6-14)12(21-15)17-7-8(2)11(18)16-13(17)19;1-5-14-8(3)10(19-9(14)4)12(20-14)16-6-7(2)11(17)15-13(16)18/h7,9-10,12H,4-6H2,1-3H3,(H,16,18,19);6,8,10,12H,4-5H2,1-3H3,(H,15,17,18)/t9?,10-,12+,15+;8?,10-,12+,14+/m00/s1. The van der Waals surface area contributed by atoms with Crippen LogP contribution in [0.25, 0.3) is 0 Å². The van der Waals surface area contributed by atoms with Gasteiger partial charge in [-0.3, -0.25) is 28.7 Å². The van der Waals surface area contributed by atoms with Gasteiger partial charge < -0.3 is 18.9 Å². The van der Waals surface area contributed by atoms with Gasteiger partial charge in [-0.1, -0.05) is 34.3 Å². The largest absolute Gasteiger partial charge is 0.487 e. The Balaban J connectivity index is 0.000000148. The van der Waals surface area contributed by atoms with Crippen molar-refractivity contribution < 1.29 is 18.9 Å². The van der Waals surface area contributed by atoms with Crippen molar-refractivity contribution in [2.24, 2.45) is 11.8 Å². The molecule has 2 aromatic rings. The number of ether oxygens (including phenoxy) is 4. The van der Waals surface area contributed by atoms with E-state index in [4.69, 9.17) is 18.9 Å². The van der Waals surface area contributed by atoms with Crippen molar-refractivity contribution in [3.8, 4) is 0 Å². The van der Waals surface area contributed by atoms with Crippen molar-refractivity contribution in [1.82, 2.24) is 19.1 Å². The van der Waals surface area contributed by atoms with Gasteiger partial charge in [0.15, 0.2) is 12.5 Å². The van der Waals surface area contributed by atoms with Crippen molar-refractivity contribution >= 4 is 0 Å². The highest BCUT2D eigenvalue weighted by atomic mass is 16.7.